The summed E-state index contributed by atoms with van der Waals surface area (Å²) in [5.74, 6) is 3.27. The Labute approximate surface area is 195 Å². The molecule has 1 atom stereocenters. The van der Waals surface area contributed by atoms with E-state index >= 15 is 0 Å². The van der Waals surface area contributed by atoms with Crippen LogP contribution in [0.5, 0.6) is 17.2 Å². The van der Waals surface area contributed by atoms with Crippen LogP contribution >= 0.6 is 24.0 Å². The molecule has 0 radical (unpaired) electrons. The molecule has 7 nitrogen and oxygen atoms in total. The minimum atomic E-state index is 0. The van der Waals surface area contributed by atoms with Crippen molar-refractivity contribution >= 4 is 29.9 Å². The largest absolute Gasteiger partial charge is 0.497 e. The van der Waals surface area contributed by atoms with Crippen molar-refractivity contribution in [3.05, 3.63) is 53.6 Å². The summed E-state index contributed by atoms with van der Waals surface area (Å²) in [7, 11) is 7.61. The first kappa shape index (κ1) is 24.1. The van der Waals surface area contributed by atoms with Crippen molar-refractivity contribution in [3.8, 4) is 17.2 Å². The molecule has 1 aliphatic heterocycles. The second-order valence-electron chi connectivity index (χ2n) is 7.07. The molecule has 8 heteroatoms. The lowest BCUT2D eigenvalue weighted by Gasteiger charge is -2.26. The van der Waals surface area contributed by atoms with E-state index in [4.69, 9.17) is 14.2 Å². The highest BCUT2D eigenvalue weighted by Crippen LogP contribution is 2.32. The van der Waals surface area contributed by atoms with Crippen molar-refractivity contribution in [2.45, 2.75) is 12.5 Å². The lowest BCUT2D eigenvalue weighted by Crippen LogP contribution is -2.42. The van der Waals surface area contributed by atoms with Gasteiger partial charge in [-0.2, -0.15) is 0 Å². The Morgan fingerprint density at radius 2 is 1.93 bits per heavy atom. The molecule has 2 N–H and O–H groups in total. The number of benzene rings is 2. The highest BCUT2D eigenvalue weighted by atomic mass is 127. The van der Waals surface area contributed by atoms with E-state index in [1.807, 2.05) is 24.3 Å². The minimum Gasteiger partial charge on any atom is -0.497 e. The number of likely N-dealkylation sites (N-methyl/N-ethyl adjacent to an activating group) is 1. The van der Waals surface area contributed by atoms with Gasteiger partial charge in [0, 0.05) is 20.1 Å². The van der Waals surface area contributed by atoms with Crippen LogP contribution in [0.4, 0.5) is 0 Å². The van der Waals surface area contributed by atoms with Crippen LogP contribution in [0.15, 0.2) is 47.5 Å². The highest BCUT2D eigenvalue weighted by molar-refractivity contribution is 14.0. The molecule has 0 spiro atoms. The van der Waals surface area contributed by atoms with E-state index in [1.54, 1.807) is 14.2 Å². The first-order valence-corrected chi connectivity index (χ1v) is 9.74. The second-order valence-corrected chi connectivity index (χ2v) is 7.07. The average Bonchev–Trinajstić information content (AvgIpc) is 3.20. The molecule has 1 unspecified atom stereocenters. The van der Waals surface area contributed by atoms with E-state index in [9.17, 15) is 0 Å². The van der Waals surface area contributed by atoms with Gasteiger partial charge in [-0.05, 0) is 55.9 Å². The van der Waals surface area contributed by atoms with Gasteiger partial charge in [0.25, 0.3) is 0 Å². The van der Waals surface area contributed by atoms with Gasteiger partial charge in [0.15, 0.2) is 17.5 Å². The van der Waals surface area contributed by atoms with E-state index in [0.29, 0.717) is 6.79 Å². The number of nitrogens with zero attached hydrogens (tertiary/aromatic N) is 2. The van der Waals surface area contributed by atoms with E-state index in [1.165, 1.54) is 11.1 Å². The molecule has 0 saturated carbocycles. The van der Waals surface area contributed by atoms with Gasteiger partial charge in [-0.25, -0.2) is 0 Å². The standard InChI is InChI=1S/C22H30N4O3.HI/c1-23-22(24-11-10-16-8-9-20-21(12-16)29-15-28-20)25-14-19(26(2)3)17-6-5-7-18(13-17)27-4;/h5-9,12-13,19H,10-11,14-15H2,1-4H3,(H2,23,24,25);1H. The van der Waals surface area contributed by atoms with E-state index in [2.05, 4.69) is 52.8 Å². The first-order valence-electron chi connectivity index (χ1n) is 9.74. The topological polar surface area (TPSA) is 67.4 Å². The summed E-state index contributed by atoms with van der Waals surface area (Å²) in [5.41, 5.74) is 2.39. The molecule has 0 bridgehead atoms. The summed E-state index contributed by atoms with van der Waals surface area (Å²) < 4.78 is 16.2. The Bertz CT molecular complexity index is 845. The van der Waals surface area contributed by atoms with Crippen LogP contribution < -0.4 is 24.8 Å². The predicted octanol–water partition coefficient (Wildman–Crippen LogP) is 3.05. The Hall–Kier alpha value is -2.20. The summed E-state index contributed by atoms with van der Waals surface area (Å²) >= 11 is 0. The fourth-order valence-corrected chi connectivity index (χ4v) is 3.28. The predicted molar refractivity (Wildman–Crippen MR) is 130 cm³/mol. The Balaban J connectivity index is 0.00000320. The third kappa shape index (κ3) is 6.40. The first-order chi connectivity index (χ1) is 14.1. The number of ether oxygens (including phenoxy) is 3. The van der Waals surface area contributed by atoms with Gasteiger partial charge < -0.3 is 29.7 Å². The molecule has 2 aromatic carbocycles. The van der Waals surface area contributed by atoms with Crippen LogP contribution in [0.2, 0.25) is 0 Å². The van der Waals surface area contributed by atoms with Crippen LogP contribution in [0, 0.1) is 0 Å². The molecule has 1 heterocycles. The maximum Gasteiger partial charge on any atom is 0.231 e. The third-order valence-corrected chi connectivity index (χ3v) is 4.93. The van der Waals surface area contributed by atoms with Crippen LogP contribution in [-0.2, 0) is 6.42 Å². The summed E-state index contributed by atoms with van der Waals surface area (Å²) in [6.07, 6.45) is 0.865. The zero-order valence-corrected chi connectivity index (χ0v) is 20.3. The van der Waals surface area contributed by atoms with Gasteiger partial charge in [-0.1, -0.05) is 18.2 Å². The molecule has 1 aliphatic rings. The van der Waals surface area contributed by atoms with Gasteiger partial charge in [0.1, 0.15) is 5.75 Å². The normalized spacial score (nSPS) is 13.6. The van der Waals surface area contributed by atoms with Crippen LogP contribution in [-0.4, -0.2) is 59.0 Å². The number of nitrogens with one attached hydrogen (secondary N) is 2. The van der Waals surface area contributed by atoms with Gasteiger partial charge in [-0.15, -0.1) is 24.0 Å². The number of rotatable bonds is 8. The van der Waals surface area contributed by atoms with Crippen molar-refractivity contribution in [2.75, 3.05) is 48.1 Å². The lowest BCUT2D eigenvalue weighted by atomic mass is 10.1. The van der Waals surface area contributed by atoms with Gasteiger partial charge in [0.05, 0.1) is 13.2 Å². The monoisotopic (exact) mass is 526 g/mol. The molecule has 0 aromatic heterocycles. The van der Waals surface area contributed by atoms with Crippen molar-refractivity contribution in [2.24, 2.45) is 4.99 Å². The van der Waals surface area contributed by atoms with Crippen molar-refractivity contribution in [1.29, 1.82) is 0 Å². The number of methoxy groups -OCH3 is 1. The molecular weight excluding hydrogens is 495 g/mol. The number of guanidine groups is 1. The fraction of sp³-hybridized carbons (Fsp3) is 0.409. The number of halogens is 1. The molecule has 0 saturated heterocycles. The maximum absolute atomic E-state index is 5.44. The number of hydrogen-bond donors (Lipinski definition) is 2. The van der Waals surface area contributed by atoms with Gasteiger partial charge >= 0.3 is 0 Å². The van der Waals surface area contributed by atoms with E-state index < -0.39 is 0 Å². The fourth-order valence-electron chi connectivity index (χ4n) is 3.28. The average molecular weight is 526 g/mol. The molecule has 0 aliphatic carbocycles. The molecule has 3 rings (SSSR count). The van der Waals surface area contributed by atoms with Crippen molar-refractivity contribution in [1.82, 2.24) is 15.5 Å². The van der Waals surface area contributed by atoms with Crippen LogP contribution in [0.25, 0.3) is 0 Å². The Morgan fingerprint density at radius 3 is 2.67 bits per heavy atom. The maximum atomic E-state index is 5.44. The summed E-state index contributed by atoms with van der Waals surface area (Å²) in [6.45, 7) is 1.79. The summed E-state index contributed by atoms with van der Waals surface area (Å²) in [4.78, 5) is 6.52. The SMILES string of the molecule is CN=C(NCCc1ccc2c(c1)OCO2)NCC(c1cccc(OC)c1)N(C)C.I. The van der Waals surface area contributed by atoms with Gasteiger partial charge in [-0.3, -0.25) is 4.99 Å². The smallest absolute Gasteiger partial charge is 0.231 e. The Morgan fingerprint density at radius 1 is 1.13 bits per heavy atom. The number of hydrogen-bond acceptors (Lipinski definition) is 5. The molecule has 2 aromatic rings. The zero-order valence-electron chi connectivity index (χ0n) is 18.0. The molecule has 164 valence electrons. The van der Waals surface area contributed by atoms with E-state index in [-0.39, 0.29) is 30.0 Å². The zero-order chi connectivity index (χ0) is 20.6. The number of fused-ring (bicyclic) bond motifs is 1. The van der Waals surface area contributed by atoms with Gasteiger partial charge in [0.2, 0.25) is 6.79 Å². The molecule has 0 amide bonds. The summed E-state index contributed by atoms with van der Waals surface area (Å²) in [5, 5.41) is 6.80. The van der Waals surface area contributed by atoms with E-state index in [0.717, 1.165) is 42.7 Å². The second kappa shape index (κ2) is 11.8. The quantitative estimate of drug-likeness (QED) is 0.313. The lowest BCUT2D eigenvalue weighted by molar-refractivity contribution is 0.174. The van der Waals surface area contributed by atoms with Crippen molar-refractivity contribution in [3.63, 3.8) is 0 Å². The molecular formula is C22H31IN4O3. The third-order valence-electron chi connectivity index (χ3n) is 4.93. The summed E-state index contributed by atoms with van der Waals surface area (Å²) in [6, 6.07) is 14.4. The molecule has 30 heavy (non-hydrogen) atoms. The Kier molecular flexibility index (Phi) is 9.51. The van der Waals surface area contributed by atoms with Crippen molar-refractivity contribution < 1.29 is 14.2 Å². The van der Waals surface area contributed by atoms with Crippen LogP contribution in [0.3, 0.4) is 0 Å². The van der Waals surface area contributed by atoms with Crippen LogP contribution in [0.1, 0.15) is 17.2 Å². The minimum absolute atomic E-state index is 0. The highest BCUT2D eigenvalue weighted by Gasteiger charge is 2.16. The molecule has 0 fully saturated rings. The number of aliphatic imine (C=N–C) groups is 1.